The Labute approximate surface area is 149 Å². The van der Waals surface area contributed by atoms with Crippen molar-refractivity contribution in [2.45, 2.75) is 17.1 Å². The van der Waals surface area contributed by atoms with Crippen molar-refractivity contribution in [2.24, 2.45) is 0 Å². The molecule has 0 amide bonds. The molecule has 0 aliphatic carbocycles. The van der Waals surface area contributed by atoms with E-state index in [0.29, 0.717) is 16.8 Å². The summed E-state index contributed by atoms with van der Waals surface area (Å²) in [5.74, 6) is 1.21. The molecule has 0 aliphatic heterocycles. The average molecular weight is 358 g/mol. The summed E-state index contributed by atoms with van der Waals surface area (Å²) in [5, 5.41) is 3.82. The van der Waals surface area contributed by atoms with Crippen LogP contribution in [-0.4, -0.2) is 15.0 Å². The molecule has 3 aromatic rings. The van der Waals surface area contributed by atoms with Crippen LogP contribution in [-0.2, 0) is 0 Å². The molecule has 24 heavy (non-hydrogen) atoms. The Morgan fingerprint density at radius 2 is 1.71 bits per heavy atom. The number of halogens is 1. The van der Waals surface area contributed by atoms with E-state index >= 15 is 0 Å². The predicted octanol–water partition coefficient (Wildman–Crippen LogP) is 4.70. The third-order valence-electron chi connectivity index (χ3n) is 3.20. The number of hydrogen-bond acceptors (Lipinski definition) is 6. The largest absolute Gasteiger partial charge is 0.368 e. The van der Waals surface area contributed by atoms with Gasteiger partial charge in [-0.25, -0.2) is 0 Å². The highest BCUT2D eigenvalue weighted by atomic mass is 35.5. The van der Waals surface area contributed by atoms with Crippen molar-refractivity contribution in [3.63, 3.8) is 0 Å². The van der Waals surface area contributed by atoms with Crippen LogP contribution in [0.15, 0.2) is 59.5 Å². The molecule has 0 bridgehead atoms. The maximum Gasteiger partial charge on any atom is 0.232 e. The maximum absolute atomic E-state index is 6.21. The quantitative estimate of drug-likeness (QED) is 0.644. The molecule has 7 heteroatoms. The number of para-hydroxylation sites is 1. The van der Waals surface area contributed by atoms with Gasteiger partial charge in [0.1, 0.15) is 5.82 Å². The van der Waals surface area contributed by atoms with Crippen molar-refractivity contribution < 1.29 is 0 Å². The van der Waals surface area contributed by atoms with Crippen molar-refractivity contribution in [3.05, 3.63) is 65.4 Å². The van der Waals surface area contributed by atoms with E-state index in [1.807, 2.05) is 61.5 Å². The van der Waals surface area contributed by atoms with Crippen molar-refractivity contribution >= 4 is 40.9 Å². The van der Waals surface area contributed by atoms with Gasteiger partial charge in [0.15, 0.2) is 0 Å². The monoisotopic (exact) mass is 357 g/mol. The van der Waals surface area contributed by atoms with Gasteiger partial charge in [-0.2, -0.15) is 15.0 Å². The van der Waals surface area contributed by atoms with E-state index in [9.17, 15) is 0 Å². The summed E-state index contributed by atoms with van der Waals surface area (Å²) < 4.78 is 0. The standard InChI is InChI=1S/C17H16ClN5S/c1-11(24-14-10-6-5-9-13(14)18)15-21-16(19)23-17(22-15)20-12-7-3-2-4-8-12/h2-11H,1H3,(H3,19,20,21,22,23). The van der Waals surface area contributed by atoms with Gasteiger partial charge in [-0.15, -0.1) is 11.8 Å². The topological polar surface area (TPSA) is 76.7 Å². The Morgan fingerprint density at radius 3 is 2.46 bits per heavy atom. The zero-order chi connectivity index (χ0) is 16.9. The highest BCUT2D eigenvalue weighted by Gasteiger charge is 2.15. The highest BCUT2D eigenvalue weighted by molar-refractivity contribution is 7.99. The van der Waals surface area contributed by atoms with E-state index in [0.717, 1.165) is 10.6 Å². The number of nitrogens with one attached hydrogen (secondary N) is 1. The Morgan fingerprint density at radius 1 is 1.00 bits per heavy atom. The number of thioether (sulfide) groups is 1. The summed E-state index contributed by atoms with van der Waals surface area (Å²) >= 11 is 7.79. The third-order valence-corrected chi connectivity index (χ3v) is 4.82. The Bertz CT molecular complexity index is 828. The summed E-state index contributed by atoms with van der Waals surface area (Å²) in [7, 11) is 0. The second-order valence-electron chi connectivity index (χ2n) is 5.06. The summed E-state index contributed by atoms with van der Waals surface area (Å²) in [4.78, 5) is 13.9. The smallest absolute Gasteiger partial charge is 0.232 e. The first kappa shape index (κ1) is 16.5. The van der Waals surface area contributed by atoms with Gasteiger partial charge in [-0.05, 0) is 31.2 Å². The fourth-order valence-electron chi connectivity index (χ4n) is 2.08. The van der Waals surface area contributed by atoms with E-state index in [2.05, 4.69) is 20.3 Å². The summed E-state index contributed by atoms with van der Waals surface area (Å²) in [6, 6.07) is 17.4. The van der Waals surface area contributed by atoms with Gasteiger partial charge in [-0.1, -0.05) is 41.9 Å². The fraction of sp³-hybridized carbons (Fsp3) is 0.118. The fourth-order valence-corrected chi connectivity index (χ4v) is 3.28. The van der Waals surface area contributed by atoms with E-state index < -0.39 is 0 Å². The number of nitrogens with two attached hydrogens (primary N) is 1. The lowest BCUT2D eigenvalue weighted by atomic mass is 10.3. The molecule has 1 unspecified atom stereocenters. The summed E-state index contributed by atoms with van der Waals surface area (Å²) in [6.45, 7) is 2.01. The van der Waals surface area contributed by atoms with Gasteiger partial charge in [0.2, 0.25) is 11.9 Å². The van der Waals surface area contributed by atoms with Crippen LogP contribution in [0.25, 0.3) is 0 Å². The SMILES string of the molecule is CC(Sc1ccccc1Cl)c1nc(N)nc(Nc2ccccc2)n1. The van der Waals surface area contributed by atoms with Crippen LogP contribution in [0.5, 0.6) is 0 Å². The molecule has 1 heterocycles. The number of hydrogen-bond donors (Lipinski definition) is 2. The number of anilines is 3. The van der Waals surface area contributed by atoms with Crippen LogP contribution >= 0.6 is 23.4 Å². The molecule has 1 aromatic heterocycles. The Hall–Kier alpha value is -2.31. The van der Waals surface area contributed by atoms with Crippen LogP contribution in [0, 0.1) is 0 Å². The van der Waals surface area contributed by atoms with E-state index in [4.69, 9.17) is 17.3 Å². The number of benzene rings is 2. The van der Waals surface area contributed by atoms with Crippen LogP contribution in [0.2, 0.25) is 5.02 Å². The van der Waals surface area contributed by atoms with Crippen molar-refractivity contribution in [3.8, 4) is 0 Å². The summed E-state index contributed by atoms with van der Waals surface area (Å²) in [5.41, 5.74) is 6.73. The summed E-state index contributed by atoms with van der Waals surface area (Å²) in [6.07, 6.45) is 0. The highest BCUT2D eigenvalue weighted by Crippen LogP contribution is 2.37. The molecule has 0 spiro atoms. The first-order valence-electron chi connectivity index (χ1n) is 7.36. The van der Waals surface area contributed by atoms with Crippen molar-refractivity contribution in [2.75, 3.05) is 11.1 Å². The molecular weight excluding hydrogens is 342 g/mol. The van der Waals surface area contributed by atoms with Gasteiger partial charge in [0.05, 0.1) is 10.3 Å². The van der Waals surface area contributed by atoms with Gasteiger partial charge >= 0.3 is 0 Å². The first-order valence-corrected chi connectivity index (χ1v) is 8.62. The molecule has 0 saturated heterocycles. The van der Waals surface area contributed by atoms with Crippen molar-refractivity contribution in [1.29, 1.82) is 0 Å². The number of rotatable bonds is 5. The van der Waals surface area contributed by atoms with Crippen LogP contribution < -0.4 is 11.1 Å². The number of nitrogens with zero attached hydrogens (tertiary/aromatic N) is 3. The number of nitrogen functional groups attached to an aromatic ring is 1. The molecular formula is C17H16ClN5S. The molecule has 2 aromatic carbocycles. The molecule has 0 radical (unpaired) electrons. The minimum atomic E-state index is -0.0217. The zero-order valence-electron chi connectivity index (χ0n) is 13.0. The second kappa shape index (κ2) is 7.51. The van der Waals surface area contributed by atoms with Gasteiger partial charge in [-0.3, -0.25) is 0 Å². The van der Waals surface area contributed by atoms with E-state index in [1.54, 1.807) is 11.8 Å². The lowest BCUT2D eigenvalue weighted by molar-refractivity contribution is 0.896. The maximum atomic E-state index is 6.21. The van der Waals surface area contributed by atoms with E-state index in [1.165, 1.54) is 0 Å². The van der Waals surface area contributed by atoms with Crippen LogP contribution in [0.3, 0.4) is 0 Å². The molecule has 122 valence electrons. The first-order chi connectivity index (χ1) is 11.6. The minimum Gasteiger partial charge on any atom is -0.368 e. The zero-order valence-corrected chi connectivity index (χ0v) is 14.6. The predicted molar refractivity (Wildman–Crippen MR) is 99.7 cm³/mol. The Kier molecular flexibility index (Phi) is 5.17. The molecule has 3 rings (SSSR count). The lowest BCUT2D eigenvalue weighted by Gasteiger charge is -2.13. The Balaban J connectivity index is 1.81. The van der Waals surface area contributed by atoms with Gasteiger partial charge in [0.25, 0.3) is 0 Å². The normalized spacial score (nSPS) is 11.9. The van der Waals surface area contributed by atoms with Crippen LogP contribution in [0.1, 0.15) is 18.0 Å². The molecule has 0 aliphatic rings. The van der Waals surface area contributed by atoms with E-state index in [-0.39, 0.29) is 11.2 Å². The lowest BCUT2D eigenvalue weighted by Crippen LogP contribution is -2.08. The number of aromatic nitrogens is 3. The van der Waals surface area contributed by atoms with Crippen molar-refractivity contribution in [1.82, 2.24) is 15.0 Å². The second-order valence-corrected chi connectivity index (χ2v) is 6.85. The average Bonchev–Trinajstić information content (AvgIpc) is 2.57. The van der Waals surface area contributed by atoms with Crippen LogP contribution in [0.4, 0.5) is 17.6 Å². The minimum absolute atomic E-state index is 0.0217. The molecule has 5 nitrogen and oxygen atoms in total. The third kappa shape index (κ3) is 4.15. The van der Waals surface area contributed by atoms with Gasteiger partial charge < -0.3 is 11.1 Å². The molecule has 0 saturated carbocycles. The van der Waals surface area contributed by atoms with Gasteiger partial charge in [0, 0.05) is 10.6 Å². The molecule has 1 atom stereocenters. The molecule has 3 N–H and O–H groups in total. The molecule has 0 fully saturated rings.